The Bertz CT molecular complexity index is 601. The quantitative estimate of drug-likeness (QED) is 0.821. The van der Waals surface area contributed by atoms with Crippen LogP contribution in [0.4, 0.5) is 5.69 Å². The predicted molar refractivity (Wildman–Crippen MR) is 88.8 cm³/mol. The highest BCUT2D eigenvalue weighted by Crippen LogP contribution is 2.27. The average Bonchev–Trinajstić information content (AvgIpc) is 2.35. The van der Waals surface area contributed by atoms with Crippen molar-refractivity contribution >= 4 is 15.7 Å². The van der Waals surface area contributed by atoms with Crippen molar-refractivity contribution in [3.05, 3.63) is 23.3 Å². The largest absolute Gasteiger partial charge is 0.398 e. The normalized spacial score (nSPS) is 14.2. The van der Waals surface area contributed by atoms with Crippen molar-refractivity contribution in [2.45, 2.75) is 65.3 Å². The molecule has 1 rings (SSSR count). The summed E-state index contributed by atoms with van der Waals surface area (Å²) in [6, 6.07) is 3.44. The van der Waals surface area contributed by atoms with Gasteiger partial charge in [0.2, 0.25) is 10.0 Å². The number of nitrogen functional groups attached to an aromatic ring is 1. The van der Waals surface area contributed by atoms with Gasteiger partial charge in [-0.05, 0) is 48.4 Å². The minimum atomic E-state index is -3.57. The summed E-state index contributed by atoms with van der Waals surface area (Å²) >= 11 is 0. The molecule has 0 radical (unpaired) electrons. The molecule has 1 aromatic rings. The molecule has 1 atom stereocenters. The first-order valence-electron chi connectivity index (χ1n) is 7.46. The molecule has 0 spiro atoms. The zero-order valence-corrected chi connectivity index (χ0v) is 14.8. The van der Waals surface area contributed by atoms with Crippen LogP contribution in [0, 0.1) is 5.41 Å². The molecule has 0 aliphatic heterocycles. The second-order valence-electron chi connectivity index (χ2n) is 6.58. The summed E-state index contributed by atoms with van der Waals surface area (Å²) in [7, 11) is -3.57. The maximum Gasteiger partial charge on any atom is 0.241 e. The lowest BCUT2D eigenvalue weighted by molar-refractivity contribution is 0.317. The Labute approximate surface area is 129 Å². The van der Waals surface area contributed by atoms with E-state index in [9.17, 15) is 8.42 Å². The highest BCUT2D eigenvalue weighted by Gasteiger charge is 2.28. The molecule has 0 fully saturated rings. The van der Waals surface area contributed by atoms with Gasteiger partial charge in [0, 0.05) is 11.7 Å². The lowest BCUT2D eigenvalue weighted by Crippen LogP contribution is -2.41. The van der Waals surface area contributed by atoms with Gasteiger partial charge in [-0.3, -0.25) is 0 Å². The molecule has 1 aromatic carbocycles. The first kappa shape index (κ1) is 18.0. The number of rotatable bonds is 5. The zero-order chi connectivity index (χ0) is 16.4. The number of aryl methyl sites for hydroxylation is 1. The van der Waals surface area contributed by atoms with Gasteiger partial charge in [-0.2, -0.15) is 0 Å². The summed E-state index contributed by atoms with van der Waals surface area (Å²) in [5, 5.41) is 0. The third-order valence-corrected chi connectivity index (χ3v) is 5.59. The van der Waals surface area contributed by atoms with Gasteiger partial charge in [0.1, 0.15) is 0 Å². The van der Waals surface area contributed by atoms with Crippen LogP contribution in [0.5, 0.6) is 0 Å². The summed E-state index contributed by atoms with van der Waals surface area (Å²) in [6.45, 7) is 11.8. The van der Waals surface area contributed by atoms with Crippen LogP contribution in [0.1, 0.15) is 52.7 Å². The standard InChI is InChI=1S/C16H28N2O2S/c1-7-12-9-14(17)13(8-2)15(10-12)21(19,20)18-11(3)16(4,5)6/h9-11,18H,7-8,17H2,1-6H3. The minimum absolute atomic E-state index is 0.145. The average molecular weight is 312 g/mol. The molecule has 0 amide bonds. The molecule has 21 heavy (non-hydrogen) atoms. The van der Waals surface area contributed by atoms with Crippen LogP contribution in [0.2, 0.25) is 0 Å². The van der Waals surface area contributed by atoms with Gasteiger partial charge in [0.15, 0.2) is 0 Å². The van der Waals surface area contributed by atoms with Crippen LogP contribution in [0.15, 0.2) is 17.0 Å². The smallest absolute Gasteiger partial charge is 0.241 e. The van der Waals surface area contributed by atoms with E-state index in [1.807, 2.05) is 47.6 Å². The second kappa shape index (κ2) is 6.36. The van der Waals surface area contributed by atoms with Crippen molar-refractivity contribution in [1.82, 2.24) is 4.72 Å². The maximum absolute atomic E-state index is 12.7. The van der Waals surface area contributed by atoms with Crippen LogP contribution in [-0.4, -0.2) is 14.5 Å². The van der Waals surface area contributed by atoms with Gasteiger partial charge in [0.05, 0.1) is 4.90 Å². The van der Waals surface area contributed by atoms with Gasteiger partial charge in [-0.1, -0.05) is 34.6 Å². The molecular formula is C16H28N2O2S. The molecule has 5 heteroatoms. The third kappa shape index (κ3) is 4.20. The summed E-state index contributed by atoms with van der Waals surface area (Å²) in [6.07, 6.45) is 1.35. The van der Waals surface area contributed by atoms with Gasteiger partial charge in [-0.25, -0.2) is 13.1 Å². The van der Waals surface area contributed by atoms with Crippen LogP contribution in [0.25, 0.3) is 0 Å². The molecule has 1 unspecified atom stereocenters. The fourth-order valence-corrected chi connectivity index (χ4v) is 3.86. The molecule has 0 bridgehead atoms. The molecule has 120 valence electrons. The molecular weight excluding hydrogens is 284 g/mol. The summed E-state index contributed by atoms with van der Waals surface area (Å²) in [5.41, 5.74) is 8.07. The van der Waals surface area contributed by atoms with E-state index in [-0.39, 0.29) is 11.5 Å². The number of anilines is 1. The minimum Gasteiger partial charge on any atom is -0.398 e. The predicted octanol–water partition coefficient (Wildman–Crippen LogP) is 3.11. The third-order valence-electron chi connectivity index (χ3n) is 3.99. The van der Waals surface area contributed by atoms with Crippen molar-refractivity contribution in [3.8, 4) is 0 Å². The Kier molecular flexibility index (Phi) is 5.45. The van der Waals surface area contributed by atoms with E-state index < -0.39 is 10.0 Å². The number of hydrogen-bond acceptors (Lipinski definition) is 3. The fourth-order valence-electron chi connectivity index (χ4n) is 2.02. The fraction of sp³-hybridized carbons (Fsp3) is 0.625. The molecule has 0 aliphatic rings. The van der Waals surface area contributed by atoms with Crippen molar-refractivity contribution in [2.24, 2.45) is 5.41 Å². The topological polar surface area (TPSA) is 72.2 Å². The Hall–Kier alpha value is -1.07. The Balaban J connectivity index is 3.34. The van der Waals surface area contributed by atoms with Crippen molar-refractivity contribution in [3.63, 3.8) is 0 Å². The van der Waals surface area contributed by atoms with Gasteiger partial charge < -0.3 is 5.73 Å². The number of sulfonamides is 1. The summed E-state index contributed by atoms with van der Waals surface area (Å²) in [4.78, 5) is 0.318. The number of hydrogen-bond donors (Lipinski definition) is 2. The molecule has 4 nitrogen and oxygen atoms in total. The summed E-state index contributed by atoms with van der Waals surface area (Å²) < 4.78 is 28.2. The van der Waals surface area contributed by atoms with Crippen LogP contribution < -0.4 is 10.5 Å². The second-order valence-corrected chi connectivity index (χ2v) is 8.26. The van der Waals surface area contributed by atoms with E-state index in [0.29, 0.717) is 22.6 Å². The Morgan fingerprint density at radius 3 is 2.19 bits per heavy atom. The maximum atomic E-state index is 12.7. The molecule has 0 saturated carbocycles. The van der Waals surface area contributed by atoms with Crippen molar-refractivity contribution in [2.75, 3.05) is 5.73 Å². The van der Waals surface area contributed by atoms with Gasteiger partial charge in [-0.15, -0.1) is 0 Å². The van der Waals surface area contributed by atoms with E-state index in [0.717, 1.165) is 12.0 Å². The highest BCUT2D eigenvalue weighted by atomic mass is 32.2. The van der Waals surface area contributed by atoms with Crippen LogP contribution >= 0.6 is 0 Å². The Morgan fingerprint density at radius 2 is 1.76 bits per heavy atom. The Morgan fingerprint density at radius 1 is 1.19 bits per heavy atom. The van der Waals surface area contributed by atoms with E-state index in [1.54, 1.807) is 6.07 Å². The summed E-state index contributed by atoms with van der Waals surface area (Å²) in [5.74, 6) is 0. The first-order chi connectivity index (χ1) is 9.52. The monoisotopic (exact) mass is 312 g/mol. The van der Waals surface area contributed by atoms with Gasteiger partial charge in [0.25, 0.3) is 0 Å². The van der Waals surface area contributed by atoms with Crippen molar-refractivity contribution < 1.29 is 8.42 Å². The van der Waals surface area contributed by atoms with E-state index in [4.69, 9.17) is 5.73 Å². The molecule has 0 saturated heterocycles. The van der Waals surface area contributed by atoms with Crippen molar-refractivity contribution in [1.29, 1.82) is 0 Å². The lowest BCUT2D eigenvalue weighted by atomic mass is 9.89. The number of nitrogens with two attached hydrogens (primary N) is 1. The molecule has 0 aromatic heterocycles. The van der Waals surface area contributed by atoms with E-state index in [2.05, 4.69) is 4.72 Å². The SMILES string of the molecule is CCc1cc(N)c(CC)c(S(=O)(=O)NC(C)C(C)(C)C)c1. The highest BCUT2D eigenvalue weighted by molar-refractivity contribution is 7.89. The molecule has 0 heterocycles. The number of nitrogens with one attached hydrogen (secondary N) is 1. The number of benzene rings is 1. The van der Waals surface area contributed by atoms with Crippen LogP contribution in [-0.2, 0) is 22.9 Å². The van der Waals surface area contributed by atoms with Crippen LogP contribution in [0.3, 0.4) is 0 Å². The zero-order valence-electron chi connectivity index (χ0n) is 13.9. The van der Waals surface area contributed by atoms with E-state index in [1.165, 1.54) is 0 Å². The molecule has 0 aliphatic carbocycles. The first-order valence-corrected chi connectivity index (χ1v) is 8.94. The molecule has 3 N–H and O–H groups in total. The van der Waals surface area contributed by atoms with E-state index >= 15 is 0 Å². The lowest BCUT2D eigenvalue weighted by Gasteiger charge is -2.28. The van der Waals surface area contributed by atoms with Gasteiger partial charge >= 0.3 is 0 Å².